The van der Waals surface area contributed by atoms with Gasteiger partial charge in [-0.3, -0.25) is 14.9 Å². The van der Waals surface area contributed by atoms with Gasteiger partial charge in [0.1, 0.15) is 5.75 Å². The van der Waals surface area contributed by atoms with Gasteiger partial charge in [0, 0.05) is 19.7 Å². The van der Waals surface area contributed by atoms with Crippen molar-refractivity contribution < 1.29 is 14.5 Å². The molecule has 1 heterocycles. The van der Waals surface area contributed by atoms with Crippen LogP contribution in [0.25, 0.3) is 0 Å². The van der Waals surface area contributed by atoms with Crippen molar-refractivity contribution in [2.45, 2.75) is 6.54 Å². The predicted molar refractivity (Wildman–Crippen MR) is 79.8 cm³/mol. The fourth-order valence-corrected chi connectivity index (χ4v) is 2.62. The van der Waals surface area contributed by atoms with Gasteiger partial charge < -0.3 is 9.64 Å². The Labute approximate surface area is 125 Å². The van der Waals surface area contributed by atoms with Gasteiger partial charge in [-0.2, -0.15) is 0 Å². The zero-order chi connectivity index (χ0) is 15.4. The van der Waals surface area contributed by atoms with E-state index in [0.29, 0.717) is 11.4 Å². The van der Waals surface area contributed by atoms with Crippen LogP contribution in [-0.2, 0) is 6.54 Å². The molecule has 110 valence electrons. The Morgan fingerprint density at radius 3 is 2.48 bits per heavy atom. The van der Waals surface area contributed by atoms with Crippen molar-refractivity contribution >= 4 is 22.2 Å². The Hall–Kier alpha value is -2.41. The average Bonchev–Trinajstić information content (AvgIpc) is 2.97. The summed E-state index contributed by atoms with van der Waals surface area (Å²) in [5.41, 5.74) is 0.956. The Morgan fingerprint density at radius 2 is 1.95 bits per heavy atom. The number of hydrogen-bond donors (Lipinski definition) is 0. The number of carbonyl (C=O) groups is 1. The molecule has 0 atom stereocenters. The highest BCUT2D eigenvalue weighted by Crippen LogP contribution is 2.25. The molecule has 21 heavy (non-hydrogen) atoms. The Kier molecular flexibility index (Phi) is 4.54. The van der Waals surface area contributed by atoms with Gasteiger partial charge in [-0.25, -0.2) is 0 Å². The van der Waals surface area contributed by atoms with Crippen molar-refractivity contribution in [2.75, 3.05) is 14.2 Å². The topological polar surface area (TPSA) is 72.7 Å². The lowest BCUT2D eigenvalue weighted by atomic mass is 10.2. The summed E-state index contributed by atoms with van der Waals surface area (Å²) in [6.07, 6.45) is 0. The SMILES string of the molecule is COc1ccc(CN(C)C(=O)c2ccc([N+](=O)[O-])s2)cc1. The number of carbonyl (C=O) groups excluding carboxylic acids is 1. The van der Waals surface area contributed by atoms with Crippen LogP contribution in [0.3, 0.4) is 0 Å². The van der Waals surface area contributed by atoms with Crippen molar-refractivity contribution in [3.05, 3.63) is 57.0 Å². The molecule has 0 aliphatic heterocycles. The van der Waals surface area contributed by atoms with E-state index in [1.807, 2.05) is 24.3 Å². The predicted octanol–water partition coefficient (Wildman–Crippen LogP) is 2.94. The third-order valence-corrected chi connectivity index (χ3v) is 3.93. The molecule has 0 bridgehead atoms. The average molecular weight is 306 g/mol. The second-order valence-electron chi connectivity index (χ2n) is 4.40. The molecule has 0 saturated heterocycles. The molecule has 0 unspecified atom stereocenters. The van der Waals surface area contributed by atoms with Crippen molar-refractivity contribution in [2.24, 2.45) is 0 Å². The molecule has 0 radical (unpaired) electrons. The number of ether oxygens (including phenoxy) is 1. The number of rotatable bonds is 5. The molecule has 2 rings (SSSR count). The summed E-state index contributed by atoms with van der Waals surface area (Å²) < 4.78 is 5.07. The lowest BCUT2D eigenvalue weighted by Crippen LogP contribution is -2.25. The molecule has 6 nitrogen and oxygen atoms in total. The summed E-state index contributed by atoms with van der Waals surface area (Å²) in [5.74, 6) is 0.519. The smallest absolute Gasteiger partial charge is 0.324 e. The molecule has 0 aliphatic rings. The highest BCUT2D eigenvalue weighted by Gasteiger charge is 2.18. The molecule has 0 spiro atoms. The summed E-state index contributed by atoms with van der Waals surface area (Å²) in [5, 5.41) is 10.6. The third-order valence-electron chi connectivity index (χ3n) is 2.91. The fraction of sp³-hybridized carbons (Fsp3) is 0.214. The monoisotopic (exact) mass is 306 g/mol. The molecule has 0 N–H and O–H groups in total. The first-order valence-electron chi connectivity index (χ1n) is 6.14. The van der Waals surface area contributed by atoms with Crippen LogP contribution < -0.4 is 4.74 Å². The van der Waals surface area contributed by atoms with Crippen LogP contribution in [0.15, 0.2) is 36.4 Å². The van der Waals surface area contributed by atoms with E-state index < -0.39 is 4.92 Å². The normalized spacial score (nSPS) is 10.2. The molecule has 0 aliphatic carbocycles. The lowest BCUT2D eigenvalue weighted by Gasteiger charge is -2.16. The van der Waals surface area contributed by atoms with Crippen LogP contribution >= 0.6 is 11.3 Å². The number of methoxy groups -OCH3 is 1. The largest absolute Gasteiger partial charge is 0.497 e. The molecule has 0 saturated carbocycles. The number of amides is 1. The van der Waals surface area contributed by atoms with Gasteiger partial charge in [-0.15, -0.1) is 0 Å². The summed E-state index contributed by atoms with van der Waals surface area (Å²) in [4.78, 5) is 24.2. The Morgan fingerprint density at radius 1 is 1.29 bits per heavy atom. The van der Waals surface area contributed by atoms with Gasteiger partial charge in [0.2, 0.25) is 0 Å². The van der Waals surface area contributed by atoms with E-state index >= 15 is 0 Å². The first-order chi connectivity index (χ1) is 10.0. The van der Waals surface area contributed by atoms with Crippen LogP contribution in [0, 0.1) is 10.1 Å². The molecule has 2 aromatic rings. The maximum atomic E-state index is 12.2. The van der Waals surface area contributed by atoms with E-state index in [1.165, 1.54) is 17.0 Å². The molecule has 7 heteroatoms. The fourth-order valence-electron chi connectivity index (χ4n) is 1.81. The molecule has 1 aromatic heterocycles. The zero-order valence-electron chi connectivity index (χ0n) is 11.6. The van der Waals surface area contributed by atoms with Crippen molar-refractivity contribution in [3.8, 4) is 5.75 Å². The van der Waals surface area contributed by atoms with E-state index in [0.717, 1.165) is 22.6 Å². The van der Waals surface area contributed by atoms with Crippen molar-refractivity contribution in [3.63, 3.8) is 0 Å². The molecular weight excluding hydrogens is 292 g/mol. The van der Waals surface area contributed by atoms with E-state index in [1.54, 1.807) is 14.2 Å². The van der Waals surface area contributed by atoms with Gasteiger partial charge in [-0.1, -0.05) is 23.5 Å². The highest BCUT2D eigenvalue weighted by atomic mass is 32.1. The standard InChI is InChI=1S/C14H14N2O4S/c1-15(9-10-3-5-11(20-2)6-4-10)14(17)12-7-8-13(21-12)16(18)19/h3-8H,9H2,1-2H3. The van der Waals surface area contributed by atoms with Crippen molar-refractivity contribution in [1.29, 1.82) is 0 Å². The first kappa shape index (κ1) is 15.0. The molecule has 1 amide bonds. The number of thiophene rings is 1. The third kappa shape index (κ3) is 3.57. The molecule has 0 fully saturated rings. The van der Waals surface area contributed by atoms with Crippen LogP contribution in [0.5, 0.6) is 5.75 Å². The summed E-state index contributed by atoms with van der Waals surface area (Å²) >= 11 is 0.884. The summed E-state index contributed by atoms with van der Waals surface area (Å²) in [7, 11) is 3.26. The van der Waals surface area contributed by atoms with E-state index in [9.17, 15) is 14.9 Å². The zero-order valence-corrected chi connectivity index (χ0v) is 12.4. The quantitative estimate of drug-likeness (QED) is 0.629. The van der Waals surface area contributed by atoms with Crippen LogP contribution in [-0.4, -0.2) is 29.9 Å². The lowest BCUT2D eigenvalue weighted by molar-refractivity contribution is -0.380. The van der Waals surface area contributed by atoms with Crippen LogP contribution in [0.1, 0.15) is 15.2 Å². The minimum absolute atomic E-state index is 0.0313. The van der Waals surface area contributed by atoms with Gasteiger partial charge in [0.15, 0.2) is 0 Å². The van der Waals surface area contributed by atoms with Crippen LogP contribution in [0.4, 0.5) is 5.00 Å². The van der Waals surface area contributed by atoms with Gasteiger partial charge >= 0.3 is 5.00 Å². The Balaban J connectivity index is 2.05. The molecule has 1 aromatic carbocycles. The van der Waals surface area contributed by atoms with Gasteiger partial charge in [-0.05, 0) is 23.8 Å². The summed E-state index contributed by atoms with van der Waals surface area (Å²) in [6, 6.07) is 10.2. The second-order valence-corrected chi connectivity index (χ2v) is 5.47. The minimum atomic E-state index is -0.495. The van der Waals surface area contributed by atoms with Crippen molar-refractivity contribution in [1.82, 2.24) is 4.90 Å². The maximum absolute atomic E-state index is 12.2. The Bertz CT molecular complexity index is 651. The van der Waals surface area contributed by atoms with E-state index in [2.05, 4.69) is 0 Å². The number of nitro groups is 1. The summed E-state index contributed by atoms with van der Waals surface area (Å²) in [6.45, 7) is 0.425. The maximum Gasteiger partial charge on any atom is 0.324 e. The van der Waals surface area contributed by atoms with Crippen LogP contribution in [0.2, 0.25) is 0 Å². The highest BCUT2D eigenvalue weighted by molar-refractivity contribution is 7.17. The second kappa shape index (κ2) is 6.36. The molecular formula is C14H14N2O4S. The van der Waals surface area contributed by atoms with E-state index in [4.69, 9.17) is 4.74 Å². The number of benzene rings is 1. The van der Waals surface area contributed by atoms with Gasteiger partial charge in [0.05, 0.1) is 16.9 Å². The number of hydrogen-bond acceptors (Lipinski definition) is 5. The number of nitrogens with zero attached hydrogens (tertiary/aromatic N) is 2. The minimum Gasteiger partial charge on any atom is -0.497 e. The van der Waals surface area contributed by atoms with E-state index in [-0.39, 0.29) is 10.9 Å². The first-order valence-corrected chi connectivity index (χ1v) is 6.95. The van der Waals surface area contributed by atoms with Gasteiger partial charge in [0.25, 0.3) is 5.91 Å².